The number of benzene rings is 1. The number of imidazole rings is 1. The van der Waals surface area contributed by atoms with Crippen molar-refractivity contribution in [1.29, 1.82) is 0 Å². The second kappa shape index (κ2) is 6.13. The predicted molar refractivity (Wildman–Crippen MR) is 92.5 cm³/mol. The van der Waals surface area contributed by atoms with Crippen LogP contribution in [0.4, 0.5) is 0 Å². The molecule has 0 spiro atoms. The molecule has 118 valence electrons. The van der Waals surface area contributed by atoms with Gasteiger partial charge in [0.1, 0.15) is 11.3 Å². The monoisotopic (exact) mass is 306 g/mol. The number of aryl methyl sites for hydroxylation is 1. The molecule has 1 aliphatic rings. The maximum Gasteiger partial charge on any atom is 0.160 e. The molecule has 4 nitrogen and oxygen atoms in total. The van der Waals surface area contributed by atoms with Gasteiger partial charge < -0.3 is 9.88 Å². The molecule has 1 aliphatic heterocycles. The van der Waals surface area contributed by atoms with Crippen LogP contribution in [0, 0.1) is 6.92 Å². The van der Waals surface area contributed by atoms with Crippen LogP contribution in [0.1, 0.15) is 29.8 Å². The Morgan fingerprint density at radius 1 is 1.22 bits per heavy atom. The van der Waals surface area contributed by atoms with Gasteiger partial charge in [-0.15, -0.1) is 0 Å². The molecule has 4 rings (SSSR count). The second-order valence-corrected chi connectivity index (χ2v) is 6.44. The number of hydrogen-bond donors (Lipinski definition) is 1. The van der Waals surface area contributed by atoms with Crippen molar-refractivity contribution in [2.75, 3.05) is 6.54 Å². The van der Waals surface area contributed by atoms with E-state index in [1.807, 2.05) is 12.3 Å². The van der Waals surface area contributed by atoms with Gasteiger partial charge in [-0.25, -0.2) is 9.97 Å². The summed E-state index contributed by atoms with van der Waals surface area (Å²) in [4.78, 5) is 9.42. The van der Waals surface area contributed by atoms with E-state index in [1.54, 1.807) is 0 Å². The first-order chi connectivity index (χ1) is 11.3. The van der Waals surface area contributed by atoms with E-state index < -0.39 is 0 Å². The zero-order valence-corrected chi connectivity index (χ0v) is 13.5. The molecule has 1 atom stereocenters. The average Bonchev–Trinajstić information content (AvgIpc) is 3.19. The van der Waals surface area contributed by atoms with Crippen molar-refractivity contribution in [3.8, 4) is 0 Å². The lowest BCUT2D eigenvalue weighted by Gasteiger charge is -2.13. The Morgan fingerprint density at radius 3 is 2.87 bits per heavy atom. The minimum Gasteiger partial charge on any atom is -0.314 e. The maximum atomic E-state index is 4.85. The second-order valence-electron chi connectivity index (χ2n) is 6.44. The first kappa shape index (κ1) is 14.4. The van der Waals surface area contributed by atoms with Crippen LogP contribution < -0.4 is 5.32 Å². The number of nitrogens with one attached hydrogen (secondary N) is 1. The molecule has 3 aromatic rings. The molecular weight excluding hydrogens is 284 g/mol. The fraction of sp³-hybridized carbons (Fsp3) is 0.368. The first-order valence-corrected chi connectivity index (χ1v) is 8.39. The van der Waals surface area contributed by atoms with Gasteiger partial charge >= 0.3 is 0 Å². The topological polar surface area (TPSA) is 42.7 Å². The van der Waals surface area contributed by atoms with Crippen LogP contribution in [0.25, 0.3) is 11.2 Å². The van der Waals surface area contributed by atoms with Gasteiger partial charge in [-0.05, 0) is 44.0 Å². The number of pyridine rings is 1. The fourth-order valence-electron chi connectivity index (χ4n) is 3.35. The predicted octanol–water partition coefficient (Wildman–Crippen LogP) is 3.08. The molecule has 0 aliphatic carbocycles. The van der Waals surface area contributed by atoms with Gasteiger partial charge in [-0.1, -0.05) is 29.8 Å². The van der Waals surface area contributed by atoms with Crippen molar-refractivity contribution < 1.29 is 0 Å². The summed E-state index contributed by atoms with van der Waals surface area (Å²) in [6.45, 7) is 4.08. The molecule has 0 saturated carbocycles. The zero-order chi connectivity index (χ0) is 15.6. The van der Waals surface area contributed by atoms with Crippen LogP contribution in [0.5, 0.6) is 0 Å². The summed E-state index contributed by atoms with van der Waals surface area (Å²) in [7, 11) is 0. The van der Waals surface area contributed by atoms with E-state index in [4.69, 9.17) is 4.98 Å². The van der Waals surface area contributed by atoms with Gasteiger partial charge in [-0.2, -0.15) is 0 Å². The van der Waals surface area contributed by atoms with Gasteiger partial charge in [0.15, 0.2) is 5.65 Å². The van der Waals surface area contributed by atoms with Crippen molar-refractivity contribution in [1.82, 2.24) is 19.9 Å². The summed E-state index contributed by atoms with van der Waals surface area (Å²) in [5.74, 6) is 1.14. The van der Waals surface area contributed by atoms with E-state index >= 15 is 0 Å². The smallest absolute Gasteiger partial charge is 0.160 e. The molecule has 1 fully saturated rings. The molecule has 0 amide bonds. The summed E-state index contributed by atoms with van der Waals surface area (Å²) in [5.41, 5.74) is 4.56. The number of rotatable bonds is 4. The summed E-state index contributed by atoms with van der Waals surface area (Å²) in [5, 5.41) is 3.57. The van der Waals surface area contributed by atoms with Crippen LogP contribution in [0.15, 0.2) is 42.6 Å². The Balaban J connectivity index is 1.71. The summed E-state index contributed by atoms with van der Waals surface area (Å²) >= 11 is 0. The van der Waals surface area contributed by atoms with Crippen molar-refractivity contribution in [3.05, 3.63) is 59.5 Å². The highest BCUT2D eigenvalue weighted by Gasteiger charge is 2.19. The quantitative estimate of drug-likeness (QED) is 0.805. The highest BCUT2D eigenvalue weighted by atomic mass is 15.1. The Hall–Kier alpha value is -2.20. The van der Waals surface area contributed by atoms with Gasteiger partial charge in [-0.3, -0.25) is 0 Å². The lowest BCUT2D eigenvalue weighted by molar-refractivity contribution is 0.568. The van der Waals surface area contributed by atoms with Crippen molar-refractivity contribution >= 4 is 11.2 Å². The Kier molecular flexibility index (Phi) is 3.83. The summed E-state index contributed by atoms with van der Waals surface area (Å²) in [6, 6.07) is 13.3. The van der Waals surface area contributed by atoms with Gasteiger partial charge in [0.2, 0.25) is 0 Å². The standard InChI is InChI=1S/C19H22N4/c1-14-6-8-15(9-7-14)13-23-18(12-16-4-2-10-20-16)22-17-5-3-11-21-19(17)23/h3,5-9,11,16,20H,2,4,10,12-13H2,1H3. The normalized spacial score (nSPS) is 17.9. The largest absolute Gasteiger partial charge is 0.314 e. The number of hydrogen-bond acceptors (Lipinski definition) is 3. The third kappa shape index (κ3) is 2.99. The summed E-state index contributed by atoms with van der Waals surface area (Å²) < 4.78 is 2.28. The lowest BCUT2D eigenvalue weighted by atomic mass is 10.1. The van der Waals surface area contributed by atoms with Gasteiger partial charge in [0, 0.05) is 18.7 Å². The fourth-order valence-corrected chi connectivity index (χ4v) is 3.35. The molecule has 1 N–H and O–H groups in total. The average molecular weight is 306 g/mol. The van der Waals surface area contributed by atoms with Crippen molar-refractivity contribution in [2.24, 2.45) is 0 Å². The molecule has 1 saturated heterocycles. The van der Waals surface area contributed by atoms with E-state index in [0.717, 1.165) is 36.5 Å². The number of aromatic nitrogens is 3. The molecule has 1 unspecified atom stereocenters. The SMILES string of the molecule is Cc1ccc(Cn2c(CC3CCCN3)nc3cccnc32)cc1. The molecule has 3 heterocycles. The van der Waals surface area contributed by atoms with Crippen LogP contribution in [-0.4, -0.2) is 27.1 Å². The van der Waals surface area contributed by atoms with Crippen molar-refractivity contribution in [2.45, 2.75) is 38.8 Å². The van der Waals surface area contributed by atoms with E-state index in [1.165, 1.54) is 24.0 Å². The lowest BCUT2D eigenvalue weighted by Crippen LogP contribution is -2.25. The molecule has 1 aromatic carbocycles. The zero-order valence-electron chi connectivity index (χ0n) is 13.5. The van der Waals surface area contributed by atoms with Crippen LogP contribution in [0.2, 0.25) is 0 Å². The van der Waals surface area contributed by atoms with Gasteiger partial charge in [0.05, 0.1) is 6.54 Å². The third-order valence-electron chi connectivity index (χ3n) is 4.64. The minimum atomic E-state index is 0.545. The van der Waals surface area contributed by atoms with E-state index in [-0.39, 0.29) is 0 Å². The highest BCUT2D eigenvalue weighted by molar-refractivity contribution is 5.71. The molecule has 0 radical (unpaired) electrons. The van der Waals surface area contributed by atoms with Crippen LogP contribution in [-0.2, 0) is 13.0 Å². The van der Waals surface area contributed by atoms with E-state index in [2.05, 4.69) is 52.1 Å². The highest BCUT2D eigenvalue weighted by Crippen LogP contribution is 2.19. The van der Waals surface area contributed by atoms with Crippen LogP contribution in [0.3, 0.4) is 0 Å². The Labute approximate surface area is 136 Å². The third-order valence-corrected chi connectivity index (χ3v) is 4.64. The maximum absolute atomic E-state index is 4.85. The summed E-state index contributed by atoms with van der Waals surface area (Å²) in [6.07, 6.45) is 5.33. The molecule has 2 aromatic heterocycles. The molecule has 4 heteroatoms. The van der Waals surface area contributed by atoms with E-state index in [0.29, 0.717) is 6.04 Å². The minimum absolute atomic E-state index is 0.545. The number of fused-ring (bicyclic) bond motifs is 1. The molecule has 0 bridgehead atoms. The molecular formula is C19H22N4. The molecule has 23 heavy (non-hydrogen) atoms. The van der Waals surface area contributed by atoms with Crippen LogP contribution >= 0.6 is 0 Å². The first-order valence-electron chi connectivity index (χ1n) is 8.39. The Bertz CT molecular complexity index is 798. The van der Waals surface area contributed by atoms with Gasteiger partial charge in [0.25, 0.3) is 0 Å². The number of nitrogens with zero attached hydrogens (tertiary/aromatic N) is 3. The van der Waals surface area contributed by atoms with E-state index in [9.17, 15) is 0 Å². The Morgan fingerprint density at radius 2 is 2.09 bits per heavy atom. The van der Waals surface area contributed by atoms with Crippen molar-refractivity contribution in [3.63, 3.8) is 0 Å².